The minimum Gasteiger partial charge on any atom is -0.389 e. The molecule has 0 spiro atoms. The van der Waals surface area contributed by atoms with Gasteiger partial charge in [0, 0.05) is 6.42 Å². The number of halogens is 4. The van der Waals surface area contributed by atoms with Gasteiger partial charge in [-0.25, -0.2) is 18.0 Å². The second-order valence-corrected chi connectivity index (χ2v) is 3.74. The van der Waals surface area contributed by atoms with Gasteiger partial charge in [-0.15, -0.1) is 0 Å². The van der Waals surface area contributed by atoms with Gasteiger partial charge in [-0.05, 0) is 12.5 Å². The molecule has 7 heteroatoms. The largest absolute Gasteiger partial charge is 0.389 e. The molecule has 0 atom stereocenters. The maximum absolute atomic E-state index is 13.4. The molecule has 0 saturated heterocycles. The number of hydrogen-bond donors (Lipinski definition) is 0. The molecule has 0 aromatic heterocycles. The molecule has 18 heavy (non-hydrogen) atoms. The Labute approximate surface area is 105 Å². The van der Waals surface area contributed by atoms with E-state index in [1.807, 2.05) is 0 Å². The van der Waals surface area contributed by atoms with Crippen molar-refractivity contribution in [1.82, 2.24) is 0 Å². The van der Waals surface area contributed by atoms with Crippen LogP contribution in [0.3, 0.4) is 0 Å². The highest BCUT2D eigenvalue weighted by molar-refractivity contribution is 6.31. The fourth-order valence-corrected chi connectivity index (χ4v) is 1.33. The summed E-state index contributed by atoms with van der Waals surface area (Å²) in [7, 11) is 0. The Morgan fingerprint density at radius 3 is 2.44 bits per heavy atom. The van der Waals surface area contributed by atoms with E-state index in [0.29, 0.717) is 6.42 Å². The van der Waals surface area contributed by atoms with Crippen molar-refractivity contribution in [1.29, 1.82) is 0 Å². The van der Waals surface area contributed by atoms with Gasteiger partial charge in [0.15, 0.2) is 17.5 Å². The molecule has 0 radical (unpaired) electrons. The lowest BCUT2D eigenvalue weighted by molar-refractivity contribution is -0.138. The standard InChI is InChI=1S/C11H8ClF3O3/c1-2-3-7(16)18-11(17)5-4-6(13)10(15)8(12)9(5)14/h4H,2-3H2,1H3. The normalized spacial score (nSPS) is 10.3. The average Bonchev–Trinajstić information content (AvgIpc) is 2.31. The Balaban J connectivity index is 3.04. The van der Waals surface area contributed by atoms with Gasteiger partial charge in [0.2, 0.25) is 0 Å². The number of carbonyl (C=O) groups excluding carboxylic acids is 2. The molecule has 0 amide bonds. The summed E-state index contributed by atoms with van der Waals surface area (Å²) in [5, 5.41) is -1.16. The summed E-state index contributed by atoms with van der Waals surface area (Å²) in [6.45, 7) is 1.67. The average molecular weight is 281 g/mol. The van der Waals surface area contributed by atoms with Crippen LogP contribution in [0.2, 0.25) is 5.02 Å². The molecule has 0 heterocycles. The van der Waals surface area contributed by atoms with E-state index < -0.39 is 40.0 Å². The van der Waals surface area contributed by atoms with E-state index in [2.05, 4.69) is 4.74 Å². The minimum absolute atomic E-state index is 0.0508. The summed E-state index contributed by atoms with van der Waals surface area (Å²) in [5.74, 6) is -6.87. The molecule has 3 nitrogen and oxygen atoms in total. The Kier molecular flexibility index (Phi) is 4.72. The summed E-state index contributed by atoms with van der Waals surface area (Å²) < 4.78 is 43.4. The maximum Gasteiger partial charge on any atom is 0.348 e. The number of hydrogen-bond acceptors (Lipinski definition) is 3. The van der Waals surface area contributed by atoms with E-state index in [9.17, 15) is 22.8 Å². The van der Waals surface area contributed by atoms with Crippen LogP contribution in [0.1, 0.15) is 30.1 Å². The summed E-state index contributed by atoms with van der Waals surface area (Å²) in [5.41, 5.74) is -0.927. The Morgan fingerprint density at radius 1 is 1.28 bits per heavy atom. The molecule has 1 aromatic rings. The van der Waals surface area contributed by atoms with E-state index in [4.69, 9.17) is 11.6 Å². The first-order valence-corrected chi connectivity index (χ1v) is 5.34. The fourth-order valence-electron chi connectivity index (χ4n) is 1.13. The number of rotatable bonds is 3. The van der Waals surface area contributed by atoms with Crippen LogP contribution in [0, 0.1) is 17.5 Å². The van der Waals surface area contributed by atoms with Crippen molar-refractivity contribution in [3.8, 4) is 0 Å². The van der Waals surface area contributed by atoms with Gasteiger partial charge in [0.25, 0.3) is 0 Å². The molecular weight excluding hydrogens is 273 g/mol. The Hall–Kier alpha value is -1.56. The lowest BCUT2D eigenvalue weighted by Crippen LogP contribution is -2.14. The number of ether oxygens (including phenoxy) is 1. The quantitative estimate of drug-likeness (QED) is 0.369. The third kappa shape index (κ3) is 3.01. The summed E-state index contributed by atoms with van der Waals surface area (Å²) in [6.07, 6.45) is 0.373. The van der Waals surface area contributed by atoms with Crippen molar-refractivity contribution in [3.63, 3.8) is 0 Å². The van der Waals surface area contributed by atoms with Crippen molar-refractivity contribution in [2.75, 3.05) is 0 Å². The summed E-state index contributed by atoms with van der Waals surface area (Å²) >= 11 is 5.15. The van der Waals surface area contributed by atoms with Crippen LogP contribution in [0.25, 0.3) is 0 Å². The van der Waals surface area contributed by atoms with Crippen LogP contribution in [0.15, 0.2) is 6.07 Å². The molecule has 0 aliphatic rings. The van der Waals surface area contributed by atoms with Crippen LogP contribution in [0.4, 0.5) is 13.2 Å². The zero-order chi connectivity index (χ0) is 13.9. The fraction of sp³-hybridized carbons (Fsp3) is 0.273. The van der Waals surface area contributed by atoms with Crippen LogP contribution in [-0.4, -0.2) is 11.9 Å². The zero-order valence-corrected chi connectivity index (χ0v) is 9.98. The van der Waals surface area contributed by atoms with Gasteiger partial charge >= 0.3 is 11.9 Å². The van der Waals surface area contributed by atoms with Gasteiger partial charge in [-0.3, -0.25) is 4.79 Å². The Bertz CT molecular complexity index is 503. The molecular formula is C11H8ClF3O3. The predicted molar refractivity (Wildman–Crippen MR) is 56.7 cm³/mol. The smallest absolute Gasteiger partial charge is 0.348 e. The third-order valence-corrected chi connectivity index (χ3v) is 2.32. The molecule has 0 aliphatic carbocycles. The first kappa shape index (κ1) is 14.5. The lowest BCUT2D eigenvalue weighted by atomic mass is 10.2. The molecule has 0 N–H and O–H groups in total. The highest BCUT2D eigenvalue weighted by Crippen LogP contribution is 2.25. The predicted octanol–water partition coefficient (Wildman–Crippen LogP) is 3.24. The molecule has 1 aromatic carbocycles. The highest BCUT2D eigenvalue weighted by Gasteiger charge is 2.24. The molecule has 0 bridgehead atoms. The first-order chi connectivity index (χ1) is 8.38. The van der Waals surface area contributed by atoms with Crippen LogP contribution < -0.4 is 0 Å². The van der Waals surface area contributed by atoms with Crippen LogP contribution in [-0.2, 0) is 9.53 Å². The van der Waals surface area contributed by atoms with Gasteiger partial charge in [0.05, 0.1) is 0 Å². The minimum atomic E-state index is -1.61. The topological polar surface area (TPSA) is 43.4 Å². The second-order valence-electron chi connectivity index (χ2n) is 3.36. The van der Waals surface area contributed by atoms with Gasteiger partial charge in [-0.2, -0.15) is 0 Å². The highest BCUT2D eigenvalue weighted by atomic mass is 35.5. The van der Waals surface area contributed by atoms with Gasteiger partial charge < -0.3 is 4.74 Å². The molecule has 0 unspecified atom stereocenters. The Morgan fingerprint density at radius 2 is 1.89 bits per heavy atom. The van der Waals surface area contributed by atoms with E-state index >= 15 is 0 Å². The van der Waals surface area contributed by atoms with E-state index in [1.165, 1.54) is 0 Å². The molecule has 98 valence electrons. The molecule has 1 rings (SSSR count). The van der Waals surface area contributed by atoms with E-state index in [1.54, 1.807) is 6.92 Å². The molecule has 0 fully saturated rings. The summed E-state index contributed by atoms with van der Waals surface area (Å²) in [4.78, 5) is 22.3. The van der Waals surface area contributed by atoms with Gasteiger partial charge in [0.1, 0.15) is 10.6 Å². The van der Waals surface area contributed by atoms with Crippen molar-refractivity contribution in [3.05, 3.63) is 34.1 Å². The number of esters is 2. The van der Waals surface area contributed by atoms with Crippen molar-refractivity contribution < 1.29 is 27.5 Å². The van der Waals surface area contributed by atoms with Crippen molar-refractivity contribution >= 4 is 23.5 Å². The summed E-state index contributed by atoms with van der Waals surface area (Å²) in [6, 6.07) is 0.290. The SMILES string of the molecule is CCCC(=O)OC(=O)c1cc(F)c(F)c(Cl)c1F. The zero-order valence-electron chi connectivity index (χ0n) is 9.23. The van der Waals surface area contributed by atoms with E-state index in [0.717, 1.165) is 0 Å². The first-order valence-electron chi connectivity index (χ1n) is 4.96. The lowest BCUT2D eigenvalue weighted by Gasteiger charge is -2.05. The van der Waals surface area contributed by atoms with Crippen LogP contribution >= 0.6 is 11.6 Å². The van der Waals surface area contributed by atoms with Crippen molar-refractivity contribution in [2.24, 2.45) is 0 Å². The molecule has 0 saturated carbocycles. The number of carbonyl (C=O) groups is 2. The van der Waals surface area contributed by atoms with E-state index in [-0.39, 0.29) is 12.5 Å². The third-order valence-electron chi connectivity index (χ3n) is 1.98. The monoisotopic (exact) mass is 280 g/mol. The maximum atomic E-state index is 13.4. The number of benzene rings is 1. The second kappa shape index (κ2) is 5.86. The van der Waals surface area contributed by atoms with Crippen molar-refractivity contribution in [2.45, 2.75) is 19.8 Å². The van der Waals surface area contributed by atoms with Crippen LogP contribution in [0.5, 0.6) is 0 Å². The van der Waals surface area contributed by atoms with Gasteiger partial charge in [-0.1, -0.05) is 18.5 Å². The molecule has 0 aliphatic heterocycles.